The van der Waals surface area contributed by atoms with Gasteiger partial charge in [0.2, 0.25) is 0 Å². The lowest BCUT2D eigenvalue weighted by Gasteiger charge is -2.06. The summed E-state index contributed by atoms with van der Waals surface area (Å²) >= 11 is 0. The first-order valence-corrected chi connectivity index (χ1v) is 4.80. The van der Waals surface area contributed by atoms with Crippen LogP contribution in [0.2, 0.25) is 0 Å². The van der Waals surface area contributed by atoms with Crippen LogP contribution in [0.1, 0.15) is 18.9 Å². The molecule has 76 valence electrons. The minimum absolute atomic E-state index is 0.294. The number of allylic oxidation sites excluding steroid dienone is 1. The van der Waals surface area contributed by atoms with E-state index in [1.54, 1.807) is 12.1 Å². The quantitative estimate of drug-likeness (QED) is 0.653. The van der Waals surface area contributed by atoms with E-state index in [0.29, 0.717) is 18.8 Å². The van der Waals surface area contributed by atoms with Crippen molar-refractivity contribution in [3.8, 4) is 5.75 Å². The zero-order chi connectivity index (χ0) is 10.4. The van der Waals surface area contributed by atoms with Gasteiger partial charge in [0.15, 0.2) is 11.6 Å². The Morgan fingerprint density at radius 1 is 1.50 bits per heavy atom. The van der Waals surface area contributed by atoms with Crippen molar-refractivity contribution in [1.29, 1.82) is 0 Å². The molecule has 0 saturated heterocycles. The number of halogens is 1. The van der Waals surface area contributed by atoms with Gasteiger partial charge in [-0.1, -0.05) is 19.1 Å². The third-order valence-electron chi connectivity index (χ3n) is 1.84. The van der Waals surface area contributed by atoms with E-state index in [9.17, 15) is 4.39 Å². The van der Waals surface area contributed by atoms with Crippen molar-refractivity contribution in [2.75, 3.05) is 6.61 Å². The Morgan fingerprint density at radius 3 is 2.86 bits per heavy atom. The molecular weight excluding hydrogens is 179 g/mol. The van der Waals surface area contributed by atoms with Crippen molar-refractivity contribution < 1.29 is 9.13 Å². The molecule has 0 fully saturated rings. The van der Waals surface area contributed by atoms with Crippen molar-refractivity contribution in [1.82, 2.24) is 0 Å². The maximum Gasteiger partial charge on any atom is 0.165 e. The number of benzene rings is 1. The van der Waals surface area contributed by atoms with Crippen LogP contribution in [-0.4, -0.2) is 6.61 Å². The van der Waals surface area contributed by atoms with Crippen LogP contribution in [0.5, 0.6) is 5.75 Å². The maximum atomic E-state index is 13.3. The van der Waals surface area contributed by atoms with Gasteiger partial charge in [0, 0.05) is 0 Å². The molecule has 0 N–H and O–H groups in total. The lowest BCUT2D eigenvalue weighted by molar-refractivity contribution is 0.301. The first-order chi connectivity index (χ1) is 6.77. The summed E-state index contributed by atoms with van der Waals surface area (Å²) in [4.78, 5) is 0. The highest BCUT2D eigenvalue weighted by atomic mass is 19.1. The van der Waals surface area contributed by atoms with Crippen LogP contribution in [-0.2, 0) is 6.42 Å². The number of rotatable bonds is 5. The molecule has 0 unspecified atom stereocenters. The van der Waals surface area contributed by atoms with Gasteiger partial charge in [-0.2, -0.15) is 0 Å². The van der Waals surface area contributed by atoms with Gasteiger partial charge in [0.1, 0.15) is 0 Å². The number of ether oxygens (including phenoxy) is 1. The van der Waals surface area contributed by atoms with Gasteiger partial charge in [0.25, 0.3) is 0 Å². The van der Waals surface area contributed by atoms with Crippen molar-refractivity contribution in [2.24, 2.45) is 0 Å². The summed E-state index contributed by atoms with van der Waals surface area (Å²) in [7, 11) is 0. The zero-order valence-corrected chi connectivity index (χ0v) is 8.42. The summed E-state index contributed by atoms with van der Waals surface area (Å²) in [5.41, 5.74) is 0.918. The predicted octanol–water partition coefficient (Wildman–Crippen LogP) is 3.34. The van der Waals surface area contributed by atoms with Gasteiger partial charge >= 0.3 is 0 Å². The molecule has 0 spiro atoms. The Balaban J connectivity index is 2.73. The molecule has 0 atom stereocenters. The van der Waals surface area contributed by atoms with E-state index in [-0.39, 0.29) is 5.82 Å². The molecule has 14 heavy (non-hydrogen) atoms. The van der Waals surface area contributed by atoms with E-state index in [1.165, 1.54) is 6.07 Å². The Labute approximate surface area is 84.2 Å². The highest BCUT2D eigenvalue weighted by molar-refractivity contribution is 5.30. The molecule has 0 radical (unpaired) electrons. The van der Waals surface area contributed by atoms with Crippen LogP contribution in [0.15, 0.2) is 30.9 Å². The summed E-state index contributed by atoms with van der Waals surface area (Å²) in [6, 6.07) is 5.02. The average molecular weight is 194 g/mol. The van der Waals surface area contributed by atoms with E-state index >= 15 is 0 Å². The van der Waals surface area contributed by atoms with E-state index in [2.05, 4.69) is 6.58 Å². The van der Waals surface area contributed by atoms with Gasteiger partial charge in [0.05, 0.1) is 6.61 Å². The number of hydrogen-bond acceptors (Lipinski definition) is 1. The fourth-order valence-electron chi connectivity index (χ4n) is 1.17. The van der Waals surface area contributed by atoms with Crippen LogP contribution in [0.3, 0.4) is 0 Å². The summed E-state index contributed by atoms with van der Waals surface area (Å²) in [5.74, 6) is 0.0393. The maximum absolute atomic E-state index is 13.3. The average Bonchev–Trinajstić information content (AvgIpc) is 2.17. The Kier molecular flexibility index (Phi) is 4.17. The second-order valence-electron chi connectivity index (χ2n) is 3.11. The van der Waals surface area contributed by atoms with Crippen LogP contribution in [0.4, 0.5) is 4.39 Å². The predicted molar refractivity (Wildman–Crippen MR) is 56.1 cm³/mol. The van der Waals surface area contributed by atoms with E-state index in [0.717, 1.165) is 12.0 Å². The molecule has 0 heterocycles. The minimum atomic E-state index is -0.294. The normalized spacial score (nSPS) is 9.86. The second kappa shape index (κ2) is 5.43. The molecule has 0 aliphatic heterocycles. The van der Waals surface area contributed by atoms with Crippen LogP contribution >= 0.6 is 0 Å². The molecule has 0 aromatic heterocycles. The fraction of sp³-hybridized carbons (Fsp3) is 0.333. The second-order valence-corrected chi connectivity index (χ2v) is 3.11. The monoisotopic (exact) mass is 194 g/mol. The number of hydrogen-bond donors (Lipinski definition) is 0. The fourth-order valence-corrected chi connectivity index (χ4v) is 1.17. The van der Waals surface area contributed by atoms with Crippen LogP contribution < -0.4 is 4.74 Å². The Bertz CT molecular complexity index is 307. The Morgan fingerprint density at radius 2 is 2.29 bits per heavy atom. The molecule has 1 rings (SSSR count). The third kappa shape index (κ3) is 2.87. The highest BCUT2D eigenvalue weighted by Gasteiger charge is 2.03. The first kappa shape index (κ1) is 10.8. The molecule has 0 saturated carbocycles. The molecule has 0 bridgehead atoms. The van der Waals surface area contributed by atoms with Gasteiger partial charge in [-0.3, -0.25) is 0 Å². The van der Waals surface area contributed by atoms with Gasteiger partial charge in [-0.25, -0.2) is 4.39 Å². The van der Waals surface area contributed by atoms with Gasteiger partial charge < -0.3 is 4.74 Å². The molecule has 0 amide bonds. The summed E-state index contributed by atoms with van der Waals surface area (Å²) < 4.78 is 18.6. The molecular formula is C12H15FO. The van der Waals surface area contributed by atoms with Crippen molar-refractivity contribution in [3.63, 3.8) is 0 Å². The largest absolute Gasteiger partial charge is 0.491 e. The molecule has 2 heteroatoms. The van der Waals surface area contributed by atoms with Crippen LogP contribution in [0.25, 0.3) is 0 Å². The SMILES string of the molecule is C=CCc1ccc(OCCC)c(F)c1. The van der Waals surface area contributed by atoms with Crippen molar-refractivity contribution >= 4 is 0 Å². The van der Waals surface area contributed by atoms with Crippen LogP contribution in [0, 0.1) is 5.82 Å². The summed E-state index contributed by atoms with van der Waals surface area (Å²) in [6.45, 7) is 6.15. The van der Waals surface area contributed by atoms with Gasteiger partial charge in [-0.15, -0.1) is 6.58 Å². The van der Waals surface area contributed by atoms with E-state index in [4.69, 9.17) is 4.74 Å². The smallest absolute Gasteiger partial charge is 0.165 e. The van der Waals surface area contributed by atoms with E-state index < -0.39 is 0 Å². The molecule has 1 aromatic carbocycles. The minimum Gasteiger partial charge on any atom is -0.491 e. The molecule has 0 aliphatic rings. The standard InChI is InChI=1S/C12H15FO/c1-3-5-10-6-7-12(11(13)9-10)14-8-4-2/h3,6-7,9H,1,4-5,8H2,2H3. The van der Waals surface area contributed by atoms with Crippen molar-refractivity contribution in [3.05, 3.63) is 42.2 Å². The Hall–Kier alpha value is -1.31. The molecule has 1 aromatic rings. The molecule has 1 nitrogen and oxygen atoms in total. The lowest BCUT2D eigenvalue weighted by atomic mass is 10.1. The topological polar surface area (TPSA) is 9.23 Å². The molecule has 0 aliphatic carbocycles. The first-order valence-electron chi connectivity index (χ1n) is 4.80. The zero-order valence-electron chi connectivity index (χ0n) is 8.42. The third-order valence-corrected chi connectivity index (χ3v) is 1.84. The summed E-state index contributed by atoms with van der Waals surface area (Å²) in [5, 5.41) is 0. The lowest BCUT2D eigenvalue weighted by Crippen LogP contribution is -1.97. The van der Waals surface area contributed by atoms with Crippen molar-refractivity contribution in [2.45, 2.75) is 19.8 Å². The summed E-state index contributed by atoms with van der Waals surface area (Å²) in [6.07, 6.45) is 3.32. The highest BCUT2D eigenvalue weighted by Crippen LogP contribution is 2.18. The van der Waals surface area contributed by atoms with Gasteiger partial charge in [-0.05, 0) is 30.5 Å². The van der Waals surface area contributed by atoms with E-state index in [1.807, 2.05) is 13.0 Å².